The minimum atomic E-state index is 0. The van der Waals surface area contributed by atoms with Crippen molar-refractivity contribution < 1.29 is 4.74 Å². The molecule has 1 spiro atoms. The maximum Gasteiger partial charge on any atom is 0.194 e. The number of hydrogen-bond acceptors (Lipinski definition) is 3. The van der Waals surface area contributed by atoms with E-state index in [4.69, 9.17) is 9.73 Å². The van der Waals surface area contributed by atoms with Gasteiger partial charge >= 0.3 is 0 Å². The van der Waals surface area contributed by atoms with Crippen LogP contribution in [0.5, 0.6) is 0 Å². The van der Waals surface area contributed by atoms with E-state index in [1.54, 1.807) is 0 Å². The summed E-state index contributed by atoms with van der Waals surface area (Å²) in [6, 6.07) is 8.93. The summed E-state index contributed by atoms with van der Waals surface area (Å²) >= 11 is 0. The van der Waals surface area contributed by atoms with Gasteiger partial charge in [0.1, 0.15) is 0 Å². The lowest BCUT2D eigenvalue weighted by Gasteiger charge is -2.38. The Bertz CT molecular complexity index is 656. The Hall–Kier alpha value is -0.860. The summed E-state index contributed by atoms with van der Waals surface area (Å²) < 4.78 is 5.45. The molecule has 0 radical (unpaired) electrons. The monoisotopic (exact) mass is 498 g/mol. The first-order valence-corrected chi connectivity index (χ1v) is 10.7. The van der Waals surface area contributed by atoms with Gasteiger partial charge in [0.05, 0.1) is 19.8 Å². The number of likely N-dealkylation sites (tertiary alicyclic amines) is 1. The van der Waals surface area contributed by atoms with Gasteiger partial charge in [0.2, 0.25) is 0 Å². The third-order valence-corrected chi connectivity index (χ3v) is 6.40. The van der Waals surface area contributed by atoms with E-state index in [9.17, 15) is 0 Å². The normalized spacial score (nSPS) is 22.0. The van der Waals surface area contributed by atoms with Gasteiger partial charge in [-0.25, -0.2) is 4.99 Å². The van der Waals surface area contributed by atoms with E-state index >= 15 is 0 Å². The van der Waals surface area contributed by atoms with E-state index in [0.29, 0.717) is 5.41 Å². The summed E-state index contributed by atoms with van der Waals surface area (Å²) in [5, 5.41) is 3.51. The Morgan fingerprint density at radius 2 is 1.93 bits per heavy atom. The molecule has 156 valence electrons. The molecule has 1 aromatic carbocycles. The van der Waals surface area contributed by atoms with Crippen LogP contribution in [0.25, 0.3) is 0 Å². The smallest absolute Gasteiger partial charge is 0.194 e. The van der Waals surface area contributed by atoms with Crippen molar-refractivity contribution in [3.63, 3.8) is 0 Å². The predicted octanol–water partition coefficient (Wildman–Crippen LogP) is 3.48. The Labute approximate surface area is 186 Å². The van der Waals surface area contributed by atoms with E-state index in [1.807, 2.05) is 0 Å². The van der Waals surface area contributed by atoms with E-state index in [-0.39, 0.29) is 24.0 Å². The fourth-order valence-corrected chi connectivity index (χ4v) is 4.64. The van der Waals surface area contributed by atoms with Crippen molar-refractivity contribution in [3.8, 4) is 0 Å². The second-order valence-corrected chi connectivity index (χ2v) is 8.40. The Morgan fingerprint density at radius 1 is 1.14 bits per heavy atom. The molecule has 1 saturated carbocycles. The maximum absolute atomic E-state index is 5.45. The number of hydrogen-bond donors (Lipinski definition) is 1. The molecular weight excluding hydrogens is 463 g/mol. The molecule has 3 fully saturated rings. The second kappa shape index (κ2) is 10.3. The lowest BCUT2D eigenvalue weighted by molar-refractivity contribution is 0.0342. The van der Waals surface area contributed by atoms with Crippen LogP contribution in [0.2, 0.25) is 0 Å². The SMILES string of the molecule is CCNC(=NCc1cccc(CN2CCOCC2)c1)N1CCC2(CCC2)C1.I. The minimum absolute atomic E-state index is 0. The van der Waals surface area contributed by atoms with E-state index < -0.39 is 0 Å². The summed E-state index contributed by atoms with van der Waals surface area (Å²) in [6.45, 7) is 11.0. The lowest BCUT2D eigenvalue weighted by atomic mass is 9.68. The zero-order chi connectivity index (χ0) is 18.5. The zero-order valence-corrected chi connectivity index (χ0v) is 19.5. The fourth-order valence-electron chi connectivity index (χ4n) is 4.64. The quantitative estimate of drug-likeness (QED) is 0.384. The predicted molar refractivity (Wildman–Crippen MR) is 125 cm³/mol. The molecule has 28 heavy (non-hydrogen) atoms. The Balaban J connectivity index is 0.00000225. The van der Waals surface area contributed by atoms with Gasteiger partial charge in [-0.05, 0) is 42.7 Å². The molecule has 1 N–H and O–H groups in total. The molecule has 2 heterocycles. The number of aliphatic imine (C=N–C) groups is 1. The number of guanidine groups is 1. The highest BCUT2D eigenvalue weighted by molar-refractivity contribution is 14.0. The van der Waals surface area contributed by atoms with Crippen molar-refractivity contribution in [3.05, 3.63) is 35.4 Å². The van der Waals surface area contributed by atoms with Crippen LogP contribution in [0.15, 0.2) is 29.3 Å². The largest absolute Gasteiger partial charge is 0.379 e. The van der Waals surface area contributed by atoms with Crippen molar-refractivity contribution in [1.29, 1.82) is 0 Å². The van der Waals surface area contributed by atoms with Crippen LogP contribution in [0.4, 0.5) is 0 Å². The third kappa shape index (κ3) is 5.39. The van der Waals surface area contributed by atoms with Gasteiger partial charge in [-0.3, -0.25) is 4.90 Å². The first-order chi connectivity index (χ1) is 13.3. The van der Waals surface area contributed by atoms with Crippen LogP contribution in [0.3, 0.4) is 0 Å². The second-order valence-electron chi connectivity index (χ2n) is 8.40. The molecule has 4 rings (SSSR count). The molecule has 0 unspecified atom stereocenters. The molecule has 0 amide bonds. The van der Waals surface area contributed by atoms with Crippen LogP contribution in [-0.4, -0.2) is 61.7 Å². The first-order valence-electron chi connectivity index (χ1n) is 10.7. The maximum atomic E-state index is 5.45. The summed E-state index contributed by atoms with van der Waals surface area (Å²) in [6.07, 6.45) is 5.57. The molecule has 0 bridgehead atoms. The van der Waals surface area contributed by atoms with Gasteiger partial charge in [0.25, 0.3) is 0 Å². The molecule has 0 atom stereocenters. The van der Waals surface area contributed by atoms with Crippen LogP contribution >= 0.6 is 24.0 Å². The summed E-state index contributed by atoms with van der Waals surface area (Å²) in [5.74, 6) is 1.10. The molecule has 6 heteroatoms. The van der Waals surface area contributed by atoms with E-state index in [1.165, 1.54) is 43.4 Å². The molecule has 3 aliphatic rings. The topological polar surface area (TPSA) is 40.1 Å². The van der Waals surface area contributed by atoms with Gasteiger partial charge in [-0.15, -0.1) is 24.0 Å². The van der Waals surface area contributed by atoms with Crippen LogP contribution in [0.1, 0.15) is 43.7 Å². The van der Waals surface area contributed by atoms with Crippen LogP contribution in [-0.2, 0) is 17.8 Å². The number of rotatable bonds is 5. The molecule has 5 nitrogen and oxygen atoms in total. The fraction of sp³-hybridized carbons (Fsp3) is 0.682. The number of halogens is 1. The first kappa shape index (κ1) is 21.8. The van der Waals surface area contributed by atoms with Crippen molar-refractivity contribution in [1.82, 2.24) is 15.1 Å². The van der Waals surface area contributed by atoms with Crippen LogP contribution in [0, 0.1) is 5.41 Å². The third-order valence-electron chi connectivity index (χ3n) is 6.40. The zero-order valence-electron chi connectivity index (χ0n) is 17.2. The Kier molecular flexibility index (Phi) is 8.00. The average molecular weight is 498 g/mol. The van der Waals surface area contributed by atoms with Crippen molar-refractivity contribution >= 4 is 29.9 Å². The number of nitrogens with zero attached hydrogens (tertiary/aromatic N) is 3. The van der Waals surface area contributed by atoms with E-state index in [2.05, 4.69) is 46.3 Å². The number of benzene rings is 1. The lowest BCUT2D eigenvalue weighted by Crippen LogP contribution is -2.42. The summed E-state index contributed by atoms with van der Waals surface area (Å²) in [7, 11) is 0. The highest BCUT2D eigenvalue weighted by Crippen LogP contribution is 2.47. The molecule has 1 aliphatic carbocycles. The average Bonchev–Trinajstić information content (AvgIpc) is 3.12. The van der Waals surface area contributed by atoms with Crippen molar-refractivity contribution in [2.24, 2.45) is 10.4 Å². The van der Waals surface area contributed by atoms with Gasteiger partial charge in [0, 0.05) is 39.3 Å². The highest BCUT2D eigenvalue weighted by Gasteiger charge is 2.43. The van der Waals surface area contributed by atoms with E-state index in [0.717, 1.165) is 58.4 Å². The van der Waals surface area contributed by atoms with Crippen LogP contribution < -0.4 is 5.32 Å². The minimum Gasteiger partial charge on any atom is -0.379 e. The number of ether oxygens (including phenoxy) is 1. The highest BCUT2D eigenvalue weighted by atomic mass is 127. The molecular formula is C22H35IN4O. The molecule has 1 aromatic rings. The van der Waals surface area contributed by atoms with Gasteiger partial charge in [-0.1, -0.05) is 30.7 Å². The van der Waals surface area contributed by atoms with Gasteiger partial charge in [-0.2, -0.15) is 0 Å². The number of nitrogens with one attached hydrogen (secondary N) is 1. The molecule has 2 aliphatic heterocycles. The van der Waals surface area contributed by atoms with Gasteiger partial charge < -0.3 is 15.0 Å². The van der Waals surface area contributed by atoms with Crippen molar-refractivity contribution in [2.75, 3.05) is 45.9 Å². The molecule has 0 aromatic heterocycles. The molecule has 2 saturated heterocycles. The number of morpholine rings is 1. The Morgan fingerprint density at radius 3 is 2.61 bits per heavy atom. The van der Waals surface area contributed by atoms with Gasteiger partial charge in [0.15, 0.2) is 5.96 Å². The standard InChI is InChI=1S/C22H34N4O.HI/c1-2-23-21(26-10-9-22(18-26)7-4-8-22)24-16-19-5-3-6-20(15-19)17-25-11-13-27-14-12-25;/h3,5-6,15H,2,4,7-14,16-18H2,1H3,(H,23,24);1H. The summed E-state index contributed by atoms with van der Waals surface area (Å²) in [4.78, 5) is 9.93. The van der Waals surface area contributed by atoms with Crippen molar-refractivity contribution in [2.45, 2.75) is 45.7 Å². The summed E-state index contributed by atoms with van der Waals surface area (Å²) in [5.41, 5.74) is 3.28.